The number of nitrogens with two attached hydrogens (primary N) is 1. The van der Waals surface area contributed by atoms with E-state index in [4.69, 9.17) is 10.2 Å². The minimum atomic E-state index is 0. The summed E-state index contributed by atoms with van der Waals surface area (Å²) in [4.78, 5) is 6.44. The maximum atomic E-state index is 5.81. The van der Waals surface area contributed by atoms with Gasteiger partial charge in [0.1, 0.15) is 5.76 Å². The Morgan fingerprint density at radius 1 is 1.61 bits per heavy atom. The lowest BCUT2D eigenvalue weighted by Gasteiger charge is -2.20. The standard InChI is InChI=1S/C12H20N4O.HI/c1-16(2)10(11-4-3-7-17-11)8-14-12(13)15-9-5-6-9;/h3-4,7,9-10H,5-6,8H2,1-2H3,(H3,13,14,15);1H. The summed E-state index contributed by atoms with van der Waals surface area (Å²) in [5.74, 6) is 1.45. The Labute approximate surface area is 125 Å². The van der Waals surface area contributed by atoms with Gasteiger partial charge >= 0.3 is 0 Å². The molecular weight excluding hydrogens is 343 g/mol. The van der Waals surface area contributed by atoms with Crippen LogP contribution in [0.2, 0.25) is 0 Å². The summed E-state index contributed by atoms with van der Waals surface area (Å²) in [6, 6.07) is 4.52. The van der Waals surface area contributed by atoms with Crippen LogP contribution in [0.5, 0.6) is 0 Å². The van der Waals surface area contributed by atoms with Crippen LogP contribution in [-0.4, -0.2) is 37.5 Å². The number of aliphatic imine (C=N–C) groups is 1. The summed E-state index contributed by atoms with van der Waals surface area (Å²) in [5, 5.41) is 3.17. The second kappa shape index (κ2) is 6.98. The second-order valence-corrected chi connectivity index (χ2v) is 4.64. The maximum Gasteiger partial charge on any atom is 0.188 e. The Morgan fingerprint density at radius 3 is 2.83 bits per heavy atom. The first-order valence-electron chi connectivity index (χ1n) is 5.93. The number of halogens is 1. The number of rotatable bonds is 5. The molecule has 1 aromatic heterocycles. The van der Waals surface area contributed by atoms with Crippen molar-refractivity contribution in [3.05, 3.63) is 24.2 Å². The Hall–Kier alpha value is -0.760. The van der Waals surface area contributed by atoms with Crippen molar-refractivity contribution in [2.24, 2.45) is 10.7 Å². The summed E-state index contributed by atoms with van der Waals surface area (Å²) in [7, 11) is 4.01. The van der Waals surface area contributed by atoms with Crippen molar-refractivity contribution in [1.29, 1.82) is 0 Å². The number of nitrogens with zero attached hydrogens (tertiary/aromatic N) is 2. The molecule has 0 bridgehead atoms. The first kappa shape index (κ1) is 15.3. The Bertz CT molecular complexity index is 373. The van der Waals surface area contributed by atoms with Gasteiger partial charge in [-0.15, -0.1) is 24.0 Å². The highest BCUT2D eigenvalue weighted by atomic mass is 127. The predicted octanol–water partition coefficient (Wildman–Crippen LogP) is 1.57. The monoisotopic (exact) mass is 364 g/mol. The molecule has 1 aromatic rings. The molecule has 2 rings (SSSR count). The molecule has 0 aliphatic heterocycles. The Kier molecular flexibility index (Phi) is 5.94. The lowest BCUT2D eigenvalue weighted by Crippen LogP contribution is -2.34. The highest BCUT2D eigenvalue weighted by Gasteiger charge is 2.22. The van der Waals surface area contributed by atoms with E-state index in [1.165, 1.54) is 12.8 Å². The number of hydrogen-bond donors (Lipinski definition) is 2. The number of hydrogen-bond acceptors (Lipinski definition) is 3. The minimum absolute atomic E-state index is 0. The molecule has 0 aromatic carbocycles. The lowest BCUT2D eigenvalue weighted by molar-refractivity contribution is 0.265. The molecule has 1 unspecified atom stereocenters. The van der Waals surface area contributed by atoms with E-state index in [0.717, 1.165) is 5.76 Å². The average Bonchev–Trinajstić information content (AvgIpc) is 2.92. The topological polar surface area (TPSA) is 66.8 Å². The zero-order valence-electron chi connectivity index (χ0n) is 10.8. The van der Waals surface area contributed by atoms with Crippen LogP contribution in [0.1, 0.15) is 24.6 Å². The van der Waals surface area contributed by atoms with Gasteiger partial charge in [-0.1, -0.05) is 0 Å². The highest BCUT2D eigenvalue weighted by Crippen LogP contribution is 2.20. The van der Waals surface area contributed by atoms with Gasteiger partial charge in [-0.3, -0.25) is 9.89 Å². The third kappa shape index (κ3) is 4.49. The van der Waals surface area contributed by atoms with Gasteiger partial charge < -0.3 is 15.5 Å². The third-order valence-electron chi connectivity index (χ3n) is 2.86. The fourth-order valence-electron chi connectivity index (χ4n) is 1.66. The third-order valence-corrected chi connectivity index (χ3v) is 2.86. The molecule has 0 spiro atoms. The molecule has 0 radical (unpaired) electrons. The SMILES string of the molecule is CN(C)C(CN=C(N)NC1CC1)c1ccco1.I. The molecule has 6 heteroatoms. The Balaban J connectivity index is 0.00000162. The Morgan fingerprint density at radius 2 is 2.33 bits per heavy atom. The number of nitrogens with one attached hydrogen (secondary N) is 1. The van der Waals surface area contributed by atoms with Gasteiger partial charge in [-0.25, -0.2) is 0 Å². The van der Waals surface area contributed by atoms with Gasteiger partial charge in [-0.05, 0) is 39.1 Å². The van der Waals surface area contributed by atoms with Gasteiger partial charge in [0.25, 0.3) is 0 Å². The highest BCUT2D eigenvalue weighted by molar-refractivity contribution is 14.0. The largest absolute Gasteiger partial charge is 0.468 e. The fourth-order valence-corrected chi connectivity index (χ4v) is 1.66. The summed E-state index contributed by atoms with van der Waals surface area (Å²) in [6.07, 6.45) is 4.08. The molecule has 1 saturated carbocycles. The molecule has 1 atom stereocenters. The summed E-state index contributed by atoms with van der Waals surface area (Å²) in [6.45, 7) is 0.603. The van der Waals surface area contributed by atoms with Crippen LogP contribution in [0.4, 0.5) is 0 Å². The second-order valence-electron chi connectivity index (χ2n) is 4.64. The van der Waals surface area contributed by atoms with Crippen LogP contribution in [0, 0.1) is 0 Å². The zero-order valence-corrected chi connectivity index (χ0v) is 13.1. The van der Waals surface area contributed by atoms with E-state index in [1.807, 2.05) is 26.2 Å². The lowest BCUT2D eigenvalue weighted by atomic mass is 10.2. The van der Waals surface area contributed by atoms with Crippen LogP contribution < -0.4 is 11.1 Å². The molecular formula is C12H21IN4O. The first-order chi connectivity index (χ1) is 8.16. The van der Waals surface area contributed by atoms with E-state index in [0.29, 0.717) is 18.5 Å². The average molecular weight is 364 g/mol. The summed E-state index contributed by atoms with van der Waals surface area (Å²) in [5.41, 5.74) is 5.81. The number of likely N-dealkylation sites (N-methyl/N-ethyl adjacent to an activating group) is 1. The van der Waals surface area contributed by atoms with Gasteiger partial charge in [0, 0.05) is 6.04 Å². The van der Waals surface area contributed by atoms with E-state index in [2.05, 4.69) is 15.2 Å². The number of guanidine groups is 1. The molecule has 3 N–H and O–H groups in total. The van der Waals surface area contributed by atoms with Crippen LogP contribution in [0.3, 0.4) is 0 Å². The molecule has 102 valence electrons. The van der Waals surface area contributed by atoms with Crippen molar-refractivity contribution in [2.45, 2.75) is 24.9 Å². The van der Waals surface area contributed by atoms with Gasteiger partial charge in [0.05, 0.1) is 18.8 Å². The molecule has 1 heterocycles. The molecule has 1 aliphatic carbocycles. The molecule has 5 nitrogen and oxygen atoms in total. The molecule has 1 fully saturated rings. The van der Waals surface area contributed by atoms with Crippen molar-refractivity contribution in [2.75, 3.05) is 20.6 Å². The summed E-state index contributed by atoms with van der Waals surface area (Å²) < 4.78 is 5.41. The van der Waals surface area contributed by atoms with Crippen LogP contribution >= 0.6 is 24.0 Å². The van der Waals surface area contributed by atoms with Crippen molar-refractivity contribution in [1.82, 2.24) is 10.2 Å². The van der Waals surface area contributed by atoms with Crippen molar-refractivity contribution < 1.29 is 4.42 Å². The van der Waals surface area contributed by atoms with E-state index in [9.17, 15) is 0 Å². The van der Waals surface area contributed by atoms with E-state index in [1.54, 1.807) is 6.26 Å². The molecule has 0 saturated heterocycles. The normalized spacial score (nSPS) is 17.4. The van der Waals surface area contributed by atoms with Crippen LogP contribution in [-0.2, 0) is 0 Å². The summed E-state index contributed by atoms with van der Waals surface area (Å²) >= 11 is 0. The van der Waals surface area contributed by atoms with E-state index >= 15 is 0 Å². The van der Waals surface area contributed by atoms with Crippen molar-refractivity contribution >= 4 is 29.9 Å². The zero-order chi connectivity index (χ0) is 12.3. The van der Waals surface area contributed by atoms with E-state index < -0.39 is 0 Å². The number of furan rings is 1. The molecule has 0 amide bonds. The fraction of sp³-hybridized carbons (Fsp3) is 0.583. The first-order valence-corrected chi connectivity index (χ1v) is 5.93. The van der Waals surface area contributed by atoms with Crippen molar-refractivity contribution in [3.63, 3.8) is 0 Å². The maximum absolute atomic E-state index is 5.81. The van der Waals surface area contributed by atoms with Crippen LogP contribution in [0.25, 0.3) is 0 Å². The smallest absolute Gasteiger partial charge is 0.188 e. The minimum Gasteiger partial charge on any atom is -0.468 e. The quantitative estimate of drug-likeness (QED) is 0.473. The van der Waals surface area contributed by atoms with Gasteiger partial charge in [0.2, 0.25) is 0 Å². The van der Waals surface area contributed by atoms with Gasteiger partial charge in [0.15, 0.2) is 5.96 Å². The van der Waals surface area contributed by atoms with E-state index in [-0.39, 0.29) is 30.0 Å². The predicted molar refractivity (Wildman–Crippen MR) is 83.2 cm³/mol. The van der Waals surface area contributed by atoms with Crippen LogP contribution in [0.15, 0.2) is 27.8 Å². The van der Waals surface area contributed by atoms with Gasteiger partial charge in [-0.2, -0.15) is 0 Å². The molecule has 18 heavy (non-hydrogen) atoms. The molecule has 1 aliphatic rings. The van der Waals surface area contributed by atoms with Crippen molar-refractivity contribution in [3.8, 4) is 0 Å².